The fourth-order valence-electron chi connectivity index (χ4n) is 1.41. The predicted molar refractivity (Wildman–Crippen MR) is 70.5 cm³/mol. The Hall–Kier alpha value is -1.52. The van der Waals surface area contributed by atoms with E-state index < -0.39 is 11.6 Å². The van der Waals surface area contributed by atoms with Gasteiger partial charge in [0.1, 0.15) is 11.6 Å². The van der Waals surface area contributed by atoms with Gasteiger partial charge < -0.3 is 11.1 Å². The van der Waals surface area contributed by atoms with Crippen molar-refractivity contribution < 1.29 is 8.78 Å². The van der Waals surface area contributed by atoms with E-state index in [0.29, 0.717) is 10.7 Å². The maximum Gasteiger partial charge on any atom is 0.146 e. The molecule has 0 fully saturated rings. The molecule has 0 aliphatic carbocycles. The topological polar surface area (TPSA) is 38.0 Å². The summed E-state index contributed by atoms with van der Waals surface area (Å²) in [5, 5.41) is 3.23. The molecule has 2 aromatic rings. The summed E-state index contributed by atoms with van der Waals surface area (Å²) in [7, 11) is 0. The molecule has 0 amide bonds. The first-order valence-corrected chi connectivity index (χ1v) is 5.69. The molecule has 0 bridgehead atoms. The number of nitrogens with one attached hydrogen (secondary N) is 1. The Morgan fingerprint density at radius 2 is 1.61 bits per heavy atom. The summed E-state index contributed by atoms with van der Waals surface area (Å²) in [5.74, 6) is -1.15. The van der Waals surface area contributed by atoms with Crippen molar-refractivity contribution in [3.05, 3.63) is 52.0 Å². The van der Waals surface area contributed by atoms with E-state index in [4.69, 9.17) is 28.9 Å². The number of nitrogen functional groups attached to an aromatic ring is 1. The maximum absolute atomic E-state index is 13.4. The van der Waals surface area contributed by atoms with Gasteiger partial charge in [0.15, 0.2) is 0 Å². The molecule has 0 unspecified atom stereocenters. The summed E-state index contributed by atoms with van der Waals surface area (Å²) in [6.45, 7) is 0. The van der Waals surface area contributed by atoms with Crippen molar-refractivity contribution in [1.82, 2.24) is 0 Å². The Morgan fingerprint density at radius 3 is 2.33 bits per heavy atom. The second-order valence-corrected chi connectivity index (χ2v) is 4.42. The average molecular weight is 289 g/mol. The highest BCUT2D eigenvalue weighted by atomic mass is 35.5. The number of halogens is 4. The van der Waals surface area contributed by atoms with Crippen LogP contribution in [0.1, 0.15) is 0 Å². The standard InChI is InChI=1S/C12H8Cl2F2N2/c13-7-4-10(17)12(5-8(7)14)18-11-3-6(15)1-2-9(11)16/h1-5,18H,17H2. The number of rotatable bonds is 2. The zero-order valence-corrected chi connectivity index (χ0v) is 10.5. The van der Waals surface area contributed by atoms with Crippen molar-refractivity contribution in [2.75, 3.05) is 11.1 Å². The van der Waals surface area contributed by atoms with Crippen LogP contribution in [0, 0.1) is 11.6 Å². The van der Waals surface area contributed by atoms with E-state index in [1.807, 2.05) is 0 Å². The molecular formula is C12H8Cl2F2N2. The minimum atomic E-state index is -0.595. The Morgan fingerprint density at radius 1 is 0.944 bits per heavy atom. The van der Waals surface area contributed by atoms with Crippen LogP contribution < -0.4 is 11.1 Å². The molecule has 6 heteroatoms. The first-order chi connectivity index (χ1) is 8.47. The van der Waals surface area contributed by atoms with E-state index >= 15 is 0 Å². The van der Waals surface area contributed by atoms with Crippen LogP contribution in [0.15, 0.2) is 30.3 Å². The molecule has 94 valence electrons. The Bertz CT molecular complexity index is 603. The fourth-order valence-corrected chi connectivity index (χ4v) is 1.74. The largest absolute Gasteiger partial charge is 0.397 e. The van der Waals surface area contributed by atoms with E-state index in [2.05, 4.69) is 5.32 Å². The van der Waals surface area contributed by atoms with Crippen molar-refractivity contribution in [1.29, 1.82) is 0 Å². The van der Waals surface area contributed by atoms with Crippen molar-refractivity contribution in [3.63, 3.8) is 0 Å². The van der Waals surface area contributed by atoms with E-state index in [0.717, 1.165) is 18.2 Å². The van der Waals surface area contributed by atoms with Gasteiger partial charge in [-0.25, -0.2) is 8.78 Å². The van der Waals surface area contributed by atoms with Crippen molar-refractivity contribution in [3.8, 4) is 0 Å². The number of benzene rings is 2. The minimum absolute atomic E-state index is 0.0277. The third-order valence-corrected chi connectivity index (χ3v) is 3.01. The maximum atomic E-state index is 13.4. The molecule has 0 radical (unpaired) electrons. The van der Waals surface area contributed by atoms with Gasteiger partial charge in [0.2, 0.25) is 0 Å². The predicted octanol–water partition coefficient (Wildman–Crippen LogP) is 4.60. The van der Waals surface area contributed by atoms with Gasteiger partial charge >= 0.3 is 0 Å². The van der Waals surface area contributed by atoms with Crippen LogP contribution in [0.5, 0.6) is 0 Å². The summed E-state index contributed by atoms with van der Waals surface area (Å²) < 4.78 is 26.4. The van der Waals surface area contributed by atoms with Gasteiger partial charge in [-0.3, -0.25) is 0 Å². The van der Waals surface area contributed by atoms with Gasteiger partial charge in [-0.05, 0) is 24.3 Å². The third-order valence-electron chi connectivity index (χ3n) is 2.29. The molecule has 0 aliphatic rings. The van der Waals surface area contributed by atoms with E-state index in [9.17, 15) is 8.78 Å². The van der Waals surface area contributed by atoms with Gasteiger partial charge in [0, 0.05) is 6.07 Å². The molecule has 2 nitrogen and oxygen atoms in total. The van der Waals surface area contributed by atoms with Crippen LogP contribution in [0.4, 0.5) is 25.8 Å². The smallest absolute Gasteiger partial charge is 0.146 e. The van der Waals surface area contributed by atoms with E-state index in [1.165, 1.54) is 12.1 Å². The fraction of sp³-hybridized carbons (Fsp3) is 0. The third kappa shape index (κ3) is 2.66. The van der Waals surface area contributed by atoms with E-state index in [1.54, 1.807) is 0 Å². The molecule has 0 spiro atoms. The molecule has 18 heavy (non-hydrogen) atoms. The van der Waals surface area contributed by atoms with Crippen LogP contribution in [0.25, 0.3) is 0 Å². The first kappa shape index (κ1) is 12.9. The molecule has 0 saturated carbocycles. The highest BCUT2D eigenvalue weighted by Crippen LogP contribution is 2.33. The number of nitrogens with two attached hydrogens (primary N) is 1. The van der Waals surface area contributed by atoms with Crippen molar-refractivity contribution in [2.45, 2.75) is 0 Å². The summed E-state index contributed by atoms with van der Waals surface area (Å²) in [4.78, 5) is 0. The van der Waals surface area contributed by atoms with Gasteiger partial charge in [0.25, 0.3) is 0 Å². The molecule has 0 heterocycles. The van der Waals surface area contributed by atoms with Gasteiger partial charge in [-0.2, -0.15) is 0 Å². The molecule has 2 rings (SSSR count). The zero-order chi connectivity index (χ0) is 13.3. The molecule has 3 N–H and O–H groups in total. The lowest BCUT2D eigenvalue weighted by Gasteiger charge is -2.11. The highest BCUT2D eigenvalue weighted by molar-refractivity contribution is 6.42. The van der Waals surface area contributed by atoms with Crippen molar-refractivity contribution in [2.24, 2.45) is 0 Å². The molecule has 0 aliphatic heterocycles. The van der Waals surface area contributed by atoms with E-state index in [-0.39, 0.29) is 16.4 Å². The quantitative estimate of drug-likeness (QED) is 0.793. The van der Waals surface area contributed by atoms with Crippen LogP contribution >= 0.6 is 23.2 Å². The lowest BCUT2D eigenvalue weighted by Crippen LogP contribution is -1.99. The first-order valence-electron chi connectivity index (χ1n) is 4.94. The lowest BCUT2D eigenvalue weighted by molar-refractivity contribution is 0.603. The molecule has 2 aromatic carbocycles. The molecular weight excluding hydrogens is 281 g/mol. The second kappa shape index (κ2) is 5.00. The number of anilines is 3. The monoisotopic (exact) mass is 288 g/mol. The number of hydrogen-bond donors (Lipinski definition) is 2. The average Bonchev–Trinajstić information content (AvgIpc) is 2.30. The molecule has 0 atom stereocenters. The Labute approximate surface area is 112 Å². The van der Waals surface area contributed by atoms with Gasteiger partial charge in [-0.1, -0.05) is 23.2 Å². The minimum Gasteiger partial charge on any atom is -0.397 e. The van der Waals surface area contributed by atoms with Crippen LogP contribution in [0.2, 0.25) is 10.0 Å². The van der Waals surface area contributed by atoms with Crippen LogP contribution in [-0.2, 0) is 0 Å². The number of hydrogen-bond acceptors (Lipinski definition) is 2. The Balaban J connectivity index is 2.40. The summed E-state index contributed by atoms with van der Waals surface area (Å²) in [5.41, 5.74) is 6.32. The summed E-state index contributed by atoms with van der Waals surface area (Å²) in [6, 6.07) is 5.95. The lowest BCUT2D eigenvalue weighted by atomic mass is 10.2. The summed E-state index contributed by atoms with van der Waals surface area (Å²) in [6.07, 6.45) is 0. The SMILES string of the molecule is Nc1cc(Cl)c(Cl)cc1Nc1cc(F)ccc1F. The molecule has 0 aromatic heterocycles. The van der Waals surface area contributed by atoms with Gasteiger partial charge in [-0.15, -0.1) is 0 Å². The summed E-state index contributed by atoms with van der Waals surface area (Å²) >= 11 is 11.6. The van der Waals surface area contributed by atoms with Crippen LogP contribution in [0.3, 0.4) is 0 Å². The van der Waals surface area contributed by atoms with Gasteiger partial charge in [0.05, 0.1) is 27.1 Å². The zero-order valence-electron chi connectivity index (χ0n) is 8.98. The van der Waals surface area contributed by atoms with Crippen LogP contribution in [-0.4, -0.2) is 0 Å². The van der Waals surface area contributed by atoms with Crippen molar-refractivity contribution >= 4 is 40.3 Å². The highest BCUT2D eigenvalue weighted by Gasteiger charge is 2.09. The Kier molecular flexibility index (Phi) is 3.59. The molecule has 0 saturated heterocycles. The second-order valence-electron chi connectivity index (χ2n) is 3.60. The normalized spacial score (nSPS) is 10.4.